The normalized spacial score (nSPS) is 17.4. The molecule has 1 rings (SSSR count). The minimum atomic E-state index is -0.831. The lowest BCUT2D eigenvalue weighted by atomic mass is 10.0. The van der Waals surface area contributed by atoms with Gasteiger partial charge in [0.05, 0.1) is 17.2 Å². The van der Waals surface area contributed by atoms with E-state index in [1.807, 2.05) is 0 Å². The van der Waals surface area contributed by atoms with Crippen molar-refractivity contribution >= 4 is 17.3 Å². The molecule has 0 aromatic heterocycles. The third-order valence-electron chi connectivity index (χ3n) is 1.88. The lowest BCUT2D eigenvalue weighted by molar-refractivity contribution is -0.414. The first kappa shape index (κ1) is 12.4. The van der Waals surface area contributed by atoms with Crippen LogP contribution in [-0.2, 0) is 4.79 Å². The van der Waals surface area contributed by atoms with Crippen molar-refractivity contribution in [3.05, 3.63) is 39.1 Å². The van der Waals surface area contributed by atoms with Crippen LogP contribution in [0, 0.1) is 10.1 Å². The highest BCUT2D eigenvalue weighted by atomic mass is 16.6. The molecule has 0 aromatic carbocycles. The number of hydrogen-bond donors (Lipinski definition) is 3. The second-order valence-electron chi connectivity index (χ2n) is 3.01. The summed E-state index contributed by atoms with van der Waals surface area (Å²) in [5.74, 6) is -0.674. The number of carbonyl (C=O) groups is 1. The fourth-order valence-electron chi connectivity index (χ4n) is 1.14. The van der Waals surface area contributed by atoms with E-state index in [9.17, 15) is 20.3 Å². The molecule has 0 bridgehead atoms. The maximum absolute atomic E-state index is 10.5. The van der Waals surface area contributed by atoms with Crippen LogP contribution in [0.15, 0.2) is 28.7 Å². The molecule has 0 fully saturated rings. The Morgan fingerprint density at radius 2 is 2.29 bits per heavy atom. The summed E-state index contributed by atoms with van der Waals surface area (Å²) in [5.41, 5.74) is 3.09. The molecule has 0 saturated carbocycles. The highest BCUT2D eigenvalue weighted by molar-refractivity contribution is 6.54. The average molecular weight is 238 g/mol. The molecule has 9 nitrogen and oxygen atoms in total. The first-order valence-corrected chi connectivity index (χ1v) is 4.35. The lowest BCUT2D eigenvalue weighted by Gasteiger charge is -2.18. The molecule has 90 valence electrons. The van der Waals surface area contributed by atoms with Crippen LogP contribution in [0.3, 0.4) is 0 Å². The van der Waals surface area contributed by atoms with E-state index in [0.29, 0.717) is 0 Å². The molecule has 1 amide bonds. The standard InChI is InChI=1S/C8H8N5O4/c9-6(14)3-11-4-1-2-5(13(16)17)7(10)8(4)12-15/h1-2,11,15H,3H2,(H2,9,14)/q-1/b12-8-. The van der Waals surface area contributed by atoms with Crippen LogP contribution in [0.1, 0.15) is 0 Å². The first-order valence-electron chi connectivity index (χ1n) is 4.35. The topological polar surface area (TPSA) is 153 Å². The molecular weight excluding hydrogens is 230 g/mol. The number of nitrogens with zero attached hydrogens (tertiary/aromatic N) is 3. The molecule has 0 aliphatic heterocycles. The number of amides is 1. The SMILES string of the molecule is [N-]=C1C([N+](=O)[O-])=CC=C(NCC(N)=O)/C1=N/O. The molecule has 0 spiro atoms. The Morgan fingerprint density at radius 1 is 1.65 bits per heavy atom. The zero-order valence-electron chi connectivity index (χ0n) is 8.45. The van der Waals surface area contributed by atoms with Crippen LogP contribution >= 0.6 is 0 Å². The van der Waals surface area contributed by atoms with Crippen LogP contribution in [0.4, 0.5) is 0 Å². The molecule has 1 aliphatic rings. The highest BCUT2D eigenvalue weighted by Crippen LogP contribution is 2.12. The molecule has 0 aromatic rings. The van der Waals surface area contributed by atoms with E-state index in [2.05, 4.69) is 10.5 Å². The van der Waals surface area contributed by atoms with Crippen molar-refractivity contribution in [3.8, 4) is 0 Å². The van der Waals surface area contributed by atoms with Crippen molar-refractivity contribution in [3.63, 3.8) is 0 Å². The number of allylic oxidation sites excluding steroid dienone is 4. The number of nitro groups is 1. The van der Waals surface area contributed by atoms with Gasteiger partial charge in [0, 0.05) is 6.08 Å². The number of hydrogen-bond acceptors (Lipinski definition) is 6. The van der Waals surface area contributed by atoms with E-state index in [0.717, 1.165) is 6.08 Å². The number of nitrogens with two attached hydrogens (primary N) is 1. The smallest absolute Gasteiger partial charge is 0.255 e. The number of nitrogens with one attached hydrogen (secondary N) is 1. The van der Waals surface area contributed by atoms with Crippen LogP contribution in [0.25, 0.3) is 5.41 Å². The van der Waals surface area contributed by atoms with Gasteiger partial charge in [0.15, 0.2) is 0 Å². The van der Waals surface area contributed by atoms with Gasteiger partial charge in [-0.25, -0.2) is 0 Å². The summed E-state index contributed by atoms with van der Waals surface area (Å²) in [6.07, 6.45) is 2.20. The summed E-state index contributed by atoms with van der Waals surface area (Å²) in [5, 5.41) is 33.8. The third-order valence-corrected chi connectivity index (χ3v) is 1.88. The van der Waals surface area contributed by atoms with Gasteiger partial charge < -0.3 is 21.7 Å². The minimum absolute atomic E-state index is 0.0504. The second kappa shape index (κ2) is 4.88. The summed E-state index contributed by atoms with van der Waals surface area (Å²) < 4.78 is 0. The number of rotatable bonds is 4. The van der Waals surface area contributed by atoms with Crippen LogP contribution in [0.5, 0.6) is 0 Å². The largest absolute Gasteiger partial charge is 0.796 e. The molecule has 0 unspecified atom stereocenters. The third kappa shape index (κ3) is 2.65. The Kier molecular flexibility index (Phi) is 3.55. The number of primary amides is 1. The predicted molar refractivity (Wildman–Crippen MR) is 57.9 cm³/mol. The van der Waals surface area contributed by atoms with Gasteiger partial charge in [-0.15, -0.1) is 0 Å². The van der Waals surface area contributed by atoms with Crippen LogP contribution in [-0.4, -0.2) is 34.0 Å². The van der Waals surface area contributed by atoms with Crippen LogP contribution in [0.2, 0.25) is 0 Å². The van der Waals surface area contributed by atoms with Crippen molar-refractivity contribution in [2.24, 2.45) is 10.9 Å². The van der Waals surface area contributed by atoms with E-state index in [1.54, 1.807) is 0 Å². The zero-order chi connectivity index (χ0) is 13.0. The predicted octanol–water partition coefficient (Wildman–Crippen LogP) is -1.04. The minimum Gasteiger partial charge on any atom is -0.796 e. The zero-order valence-corrected chi connectivity index (χ0v) is 8.45. The molecule has 1 aliphatic carbocycles. The molecule has 4 N–H and O–H groups in total. The van der Waals surface area contributed by atoms with Gasteiger partial charge in [0.1, 0.15) is 5.71 Å². The first-order chi connectivity index (χ1) is 7.97. The lowest BCUT2D eigenvalue weighted by Crippen LogP contribution is -2.35. The molecular formula is C8H8N5O4-. The summed E-state index contributed by atoms with van der Waals surface area (Å²) >= 11 is 0. The summed E-state index contributed by atoms with van der Waals surface area (Å²) in [6.45, 7) is -0.264. The van der Waals surface area contributed by atoms with Gasteiger partial charge in [0.2, 0.25) is 5.91 Å². The number of oxime groups is 1. The molecule has 9 heteroatoms. The Bertz CT molecular complexity index is 476. The fraction of sp³-hybridized carbons (Fsp3) is 0.125. The molecule has 17 heavy (non-hydrogen) atoms. The van der Waals surface area contributed by atoms with E-state index in [4.69, 9.17) is 10.9 Å². The summed E-state index contributed by atoms with van der Waals surface area (Å²) in [7, 11) is 0. The van der Waals surface area contributed by atoms with Crippen molar-refractivity contribution in [1.82, 2.24) is 5.32 Å². The number of carbonyl (C=O) groups excluding carboxylic acids is 1. The molecule has 0 atom stereocenters. The monoisotopic (exact) mass is 238 g/mol. The second-order valence-corrected chi connectivity index (χ2v) is 3.01. The Balaban J connectivity index is 3.01. The van der Waals surface area contributed by atoms with Gasteiger partial charge in [-0.3, -0.25) is 14.9 Å². The van der Waals surface area contributed by atoms with Crippen molar-refractivity contribution in [2.45, 2.75) is 0 Å². The van der Waals surface area contributed by atoms with Crippen molar-refractivity contribution < 1.29 is 14.9 Å². The van der Waals surface area contributed by atoms with Gasteiger partial charge in [-0.2, -0.15) is 0 Å². The molecule has 0 radical (unpaired) electrons. The summed E-state index contributed by atoms with van der Waals surface area (Å²) in [4.78, 5) is 20.2. The maximum atomic E-state index is 10.5. The Hall–Kier alpha value is -2.71. The van der Waals surface area contributed by atoms with Gasteiger partial charge >= 0.3 is 0 Å². The summed E-state index contributed by atoms with van der Waals surface area (Å²) in [6, 6.07) is 0. The van der Waals surface area contributed by atoms with E-state index in [1.165, 1.54) is 6.08 Å². The average Bonchev–Trinajstić information content (AvgIpc) is 2.25. The quantitative estimate of drug-likeness (QED) is 0.247. The van der Waals surface area contributed by atoms with Gasteiger partial charge in [-0.05, 0) is 11.8 Å². The van der Waals surface area contributed by atoms with Crippen LogP contribution < -0.4 is 11.1 Å². The Morgan fingerprint density at radius 3 is 2.76 bits per heavy atom. The maximum Gasteiger partial charge on any atom is 0.255 e. The van der Waals surface area contributed by atoms with Gasteiger partial charge in [0.25, 0.3) is 5.70 Å². The van der Waals surface area contributed by atoms with Crippen molar-refractivity contribution in [1.29, 1.82) is 0 Å². The van der Waals surface area contributed by atoms with E-state index < -0.39 is 28.0 Å². The van der Waals surface area contributed by atoms with E-state index >= 15 is 0 Å². The van der Waals surface area contributed by atoms with Crippen molar-refractivity contribution in [2.75, 3.05) is 6.54 Å². The fourth-order valence-corrected chi connectivity index (χ4v) is 1.14. The van der Waals surface area contributed by atoms with E-state index in [-0.39, 0.29) is 12.2 Å². The Labute approximate surface area is 94.9 Å². The molecule has 0 saturated heterocycles. The van der Waals surface area contributed by atoms with Gasteiger partial charge in [-0.1, -0.05) is 5.16 Å². The molecule has 0 heterocycles. The highest BCUT2D eigenvalue weighted by Gasteiger charge is 2.22.